The first-order valence-electron chi connectivity index (χ1n) is 7.18. The SMILES string of the molecule is CCC(CC1CC1)NC(=O)c1ccncc1C#CCN. The van der Waals surface area contributed by atoms with E-state index in [1.165, 1.54) is 12.8 Å². The van der Waals surface area contributed by atoms with Gasteiger partial charge in [0.2, 0.25) is 0 Å². The Balaban J connectivity index is 2.07. The lowest BCUT2D eigenvalue weighted by Gasteiger charge is -2.17. The highest BCUT2D eigenvalue weighted by Crippen LogP contribution is 2.34. The van der Waals surface area contributed by atoms with Crippen molar-refractivity contribution < 1.29 is 4.79 Å². The van der Waals surface area contributed by atoms with E-state index in [2.05, 4.69) is 29.1 Å². The van der Waals surface area contributed by atoms with Crippen LogP contribution in [0.1, 0.15) is 48.5 Å². The van der Waals surface area contributed by atoms with Gasteiger partial charge in [0.15, 0.2) is 0 Å². The lowest BCUT2D eigenvalue weighted by molar-refractivity contribution is 0.0932. The molecule has 0 saturated heterocycles. The van der Waals surface area contributed by atoms with E-state index >= 15 is 0 Å². The second-order valence-electron chi connectivity index (χ2n) is 5.18. The van der Waals surface area contributed by atoms with Gasteiger partial charge < -0.3 is 11.1 Å². The Morgan fingerprint density at radius 3 is 3.05 bits per heavy atom. The predicted octanol–water partition coefficient (Wildman–Crippen LogP) is 1.70. The van der Waals surface area contributed by atoms with Crippen LogP contribution < -0.4 is 11.1 Å². The molecular weight excluding hydrogens is 250 g/mol. The summed E-state index contributed by atoms with van der Waals surface area (Å²) < 4.78 is 0. The number of pyridine rings is 1. The molecule has 3 N–H and O–H groups in total. The minimum atomic E-state index is -0.0683. The van der Waals surface area contributed by atoms with Crippen LogP contribution in [-0.2, 0) is 0 Å². The zero-order valence-electron chi connectivity index (χ0n) is 11.9. The third kappa shape index (κ3) is 4.07. The van der Waals surface area contributed by atoms with Crippen molar-refractivity contribution >= 4 is 5.91 Å². The van der Waals surface area contributed by atoms with E-state index in [0.29, 0.717) is 11.1 Å². The molecule has 0 aromatic carbocycles. The van der Waals surface area contributed by atoms with E-state index < -0.39 is 0 Å². The van der Waals surface area contributed by atoms with E-state index in [1.807, 2.05) is 0 Å². The summed E-state index contributed by atoms with van der Waals surface area (Å²) >= 11 is 0. The van der Waals surface area contributed by atoms with Gasteiger partial charge in [-0.25, -0.2) is 0 Å². The molecule has 4 nitrogen and oxygen atoms in total. The number of hydrogen-bond acceptors (Lipinski definition) is 3. The molecule has 1 aliphatic rings. The van der Waals surface area contributed by atoms with Crippen molar-refractivity contribution in [1.29, 1.82) is 0 Å². The minimum absolute atomic E-state index is 0.0683. The Labute approximate surface area is 120 Å². The van der Waals surface area contributed by atoms with Crippen molar-refractivity contribution in [3.05, 3.63) is 29.6 Å². The van der Waals surface area contributed by atoms with Crippen LogP contribution in [-0.4, -0.2) is 23.5 Å². The van der Waals surface area contributed by atoms with Crippen LogP contribution >= 0.6 is 0 Å². The van der Waals surface area contributed by atoms with Crippen LogP contribution in [0.15, 0.2) is 18.5 Å². The number of amides is 1. The van der Waals surface area contributed by atoms with Gasteiger partial charge in [0, 0.05) is 18.4 Å². The number of carbonyl (C=O) groups excluding carboxylic acids is 1. The average Bonchev–Trinajstić information content (AvgIpc) is 3.28. The number of carbonyl (C=O) groups is 1. The van der Waals surface area contributed by atoms with Crippen LogP contribution in [0.5, 0.6) is 0 Å². The third-order valence-electron chi connectivity index (χ3n) is 3.53. The molecule has 1 aliphatic carbocycles. The zero-order chi connectivity index (χ0) is 14.4. The Morgan fingerprint density at radius 1 is 1.60 bits per heavy atom. The van der Waals surface area contributed by atoms with Gasteiger partial charge >= 0.3 is 0 Å². The highest BCUT2D eigenvalue weighted by Gasteiger charge is 2.25. The van der Waals surface area contributed by atoms with E-state index in [1.54, 1.807) is 18.5 Å². The van der Waals surface area contributed by atoms with Gasteiger partial charge in [-0.15, -0.1) is 0 Å². The zero-order valence-corrected chi connectivity index (χ0v) is 11.9. The number of aromatic nitrogens is 1. The van der Waals surface area contributed by atoms with Crippen molar-refractivity contribution in [2.24, 2.45) is 11.7 Å². The van der Waals surface area contributed by atoms with Gasteiger partial charge in [0.1, 0.15) is 0 Å². The second kappa shape index (κ2) is 7.06. The topological polar surface area (TPSA) is 68.0 Å². The first-order valence-corrected chi connectivity index (χ1v) is 7.18. The van der Waals surface area contributed by atoms with Gasteiger partial charge in [0.05, 0.1) is 17.7 Å². The van der Waals surface area contributed by atoms with Gasteiger partial charge in [-0.2, -0.15) is 0 Å². The molecule has 1 heterocycles. The molecule has 0 radical (unpaired) electrons. The van der Waals surface area contributed by atoms with Gasteiger partial charge in [-0.1, -0.05) is 31.6 Å². The Kier molecular flexibility index (Phi) is 5.14. The summed E-state index contributed by atoms with van der Waals surface area (Å²) in [5.74, 6) is 6.40. The molecule has 1 aromatic rings. The molecule has 1 amide bonds. The second-order valence-corrected chi connectivity index (χ2v) is 5.18. The Hall–Kier alpha value is -1.86. The van der Waals surface area contributed by atoms with E-state index in [0.717, 1.165) is 18.8 Å². The maximum Gasteiger partial charge on any atom is 0.252 e. The molecule has 2 rings (SSSR count). The summed E-state index contributed by atoms with van der Waals surface area (Å²) in [6.45, 7) is 2.38. The molecule has 0 aliphatic heterocycles. The molecule has 1 aromatic heterocycles. The van der Waals surface area contributed by atoms with Crippen LogP contribution in [0.25, 0.3) is 0 Å². The lowest BCUT2D eigenvalue weighted by Crippen LogP contribution is -2.35. The van der Waals surface area contributed by atoms with Gasteiger partial charge in [-0.3, -0.25) is 9.78 Å². The van der Waals surface area contributed by atoms with Gasteiger partial charge in [0.25, 0.3) is 5.91 Å². The lowest BCUT2D eigenvalue weighted by atomic mass is 10.1. The summed E-state index contributed by atoms with van der Waals surface area (Å²) in [5, 5.41) is 3.11. The van der Waals surface area contributed by atoms with Crippen molar-refractivity contribution in [1.82, 2.24) is 10.3 Å². The Morgan fingerprint density at radius 2 is 2.40 bits per heavy atom. The fourth-order valence-corrected chi connectivity index (χ4v) is 2.19. The van der Waals surface area contributed by atoms with Gasteiger partial charge in [-0.05, 0) is 24.8 Å². The number of nitrogens with zero attached hydrogens (tertiary/aromatic N) is 1. The third-order valence-corrected chi connectivity index (χ3v) is 3.53. The summed E-state index contributed by atoms with van der Waals surface area (Å²) in [6.07, 6.45) is 7.86. The molecule has 1 saturated carbocycles. The van der Waals surface area contributed by atoms with E-state index in [-0.39, 0.29) is 18.5 Å². The summed E-state index contributed by atoms with van der Waals surface area (Å²) in [5.41, 5.74) is 6.59. The monoisotopic (exact) mass is 271 g/mol. The number of nitrogens with two attached hydrogens (primary N) is 1. The van der Waals surface area contributed by atoms with Crippen molar-refractivity contribution in [3.63, 3.8) is 0 Å². The highest BCUT2D eigenvalue weighted by atomic mass is 16.1. The van der Waals surface area contributed by atoms with Crippen LogP contribution in [0.3, 0.4) is 0 Å². The van der Waals surface area contributed by atoms with E-state index in [9.17, 15) is 4.79 Å². The number of hydrogen-bond donors (Lipinski definition) is 2. The van der Waals surface area contributed by atoms with Crippen molar-refractivity contribution in [3.8, 4) is 11.8 Å². The molecule has 1 atom stereocenters. The molecule has 1 unspecified atom stereocenters. The maximum absolute atomic E-state index is 12.4. The number of rotatable bonds is 5. The normalized spacial score (nSPS) is 15.1. The molecular formula is C16H21N3O. The molecule has 106 valence electrons. The average molecular weight is 271 g/mol. The number of nitrogens with one attached hydrogen (secondary N) is 1. The molecule has 4 heteroatoms. The molecule has 1 fully saturated rings. The molecule has 20 heavy (non-hydrogen) atoms. The standard InChI is InChI=1S/C16H21N3O/c1-2-14(10-12-5-6-12)19-16(20)15-7-9-18-11-13(15)4-3-8-17/h7,9,11-12,14H,2,5-6,8,10,17H2,1H3,(H,19,20). The minimum Gasteiger partial charge on any atom is -0.349 e. The van der Waals surface area contributed by atoms with Crippen LogP contribution in [0, 0.1) is 17.8 Å². The van der Waals surface area contributed by atoms with Crippen molar-refractivity contribution in [2.75, 3.05) is 6.54 Å². The highest BCUT2D eigenvalue weighted by molar-refractivity contribution is 5.96. The van der Waals surface area contributed by atoms with E-state index in [4.69, 9.17) is 5.73 Å². The summed E-state index contributed by atoms with van der Waals surface area (Å²) in [6, 6.07) is 1.96. The van der Waals surface area contributed by atoms with Crippen LogP contribution in [0.4, 0.5) is 0 Å². The van der Waals surface area contributed by atoms with Crippen LogP contribution in [0.2, 0.25) is 0 Å². The largest absolute Gasteiger partial charge is 0.349 e. The summed E-state index contributed by atoms with van der Waals surface area (Å²) in [7, 11) is 0. The summed E-state index contributed by atoms with van der Waals surface area (Å²) in [4.78, 5) is 16.4. The smallest absolute Gasteiger partial charge is 0.252 e. The molecule has 0 bridgehead atoms. The maximum atomic E-state index is 12.4. The first-order chi connectivity index (χ1) is 9.74. The fraction of sp³-hybridized carbons (Fsp3) is 0.500. The van der Waals surface area contributed by atoms with Crippen molar-refractivity contribution in [2.45, 2.75) is 38.6 Å². The fourth-order valence-electron chi connectivity index (χ4n) is 2.19. The quantitative estimate of drug-likeness (QED) is 0.801. The molecule has 0 spiro atoms. The predicted molar refractivity (Wildman–Crippen MR) is 79.1 cm³/mol. The first kappa shape index (κ1) is 14.5. The Bertz CT molecular complexity index is 526.